The van der Waals surface area contributed by atoms with Gasteiger partial charge in [0.25, 0.3) is 5.91 Å². The van der Waals surface area contributed by atoms with E-state index in [1.165, 1.54) is 7.11 Å². The van der Waals surface area contributed by atoms with E-state index < -0.39 is 11.6 Å². The Hall–Kier alpha value is -2.67. The Morgan fingerprint density at radius 1 is 1.26 bits per heavy atom. The number of benzene rings is 1. The van der Waals surface area contributed by atoms with Crippen LogP contribution in [0.15, 0.2) is 36.5 Å². The number of hydrogen-bond donors (Lipinski definition) is 1. The predicted molar refractivity (Wildman–Crippen MR) is 84.6 cm³/mol. The van der Waals surface area contributed by atoms with E-state index in [9.17, 15) is 9.59 Å². The first-order chi connectivity index (χ1) is 11.0. The average molecular weight is 314 g/mol. The summed E-state index contributed by atoms with van der Waals surface area (Å²) in [4.78, 5) is 26.0. The van der Waals surface area contributed by atoms with Crippen molar-refractivity contribution in [3.8, 4) is 5.69 Å². The van der Waals surface area contributed by atoms with E-state index in [4.69, 9.17) is 4.74 Å². The number of imide groups is 1. The molecule has 1 aliphatic heterocycles. The van der Waals surface area contributed by atoms with Crippen molar-refractivity contribution in [3.05, 3.63) is 42.2 Å². The van der Waals surface area contributed by atoms with Gasteiger partial charge in [0.05, 0.1) is 18.0 Å². The number of carbonyl (C=O) groups excluding carboxylic acids is 2. The highest BCUT2D eigenvalue weighted by atomic mass is 16.5. The molecule has 0 saturated carbocycles. The third-order valence-electron chi connectivity index (χ3n) is 3.86. The molecule has 1 aromatic carbocycles. The van der Waals surface area contributed by atoms with Crippen molar-refractivity contribution in [1.82, 2.24) is 15.1 Å². The molecule has 3 rings (SSSR count). The van der Waals surface area contributed by atoms with E-state index in [1.54, 1.807) is 36.0 Å². The Balaban J connectivity index is 1.98. The fourth-order valence-electron chi connectivity index (χ4n) is 2.71. The number of urea groups is 1. The summed E-state index contributed by atoms with van der Waals surface area (Å²) in [5.41, 5.74) is 1.19. The summed E-state index contributed by atoms with van der Waals surface area (Å²) < 4.78 is 6.80. The van der Waals surface area contributed by atoms with Gasteiger partial charge in [-0.15, -0.1) is 0 Å². The molecule has 3 amide bonds. The largest absolute Gasteiger partial charge is 0.382 e. The molecule has 7 nitrogen and oxygen atoms in total. The molecule has 1 aliphatic rings. The first-order valence-corrected chi connectivity index (χ1v) is 7.23. The van der Waals surface area contributed by atoms with Gasteiger partial charge in [-0.05, 0) is 38.1 Å². The van der Waals surface area contributed by atoms with E-state index in [-0.39, 0.29) is 12.5 Å². The molecule has 7 heteroatoms. The van der Waals surface area contributed by atoms with Crippen LogP contribution >= 0.6 is 0 Å². The molecule has 1 atom stereocenters. The summed E-state index contributed by atoms with van der Waals surface area (Å²) in [6.07, 6.45) is 1.70. The SMILES string of the molecule is COCC1(C)NC(=O)N(c2cccc(-n3nccc3C)c2)C1=O. The molecule has 1 saturated heterocycles. The van der Waals surface area contributed by atoms with Gasteiger partial charge in [0.15, 0.2) is 0 Å². The van der Waals surface area contributed by atoms with Gasteiger partial charge in [-0.2, -0.15) is 5.10 Å². The second-order valence-electron chi connectivity index (χ2n) is 5.74. The van der Waals surface area contributed by atoms with Crippen LogP contribution in [-0.4, -0.2) is 41.0 Å². The van der Waals surface area contributed by atoms with Crippen LogP contribution in [0.5, 0.6) is 0 Å². The smallest absolute Gasteiger partial charge is 0.329 e. The van der Waals surface area contributed by atoms with E-state index in [0.29, 0.717) is 5.69 Å². The van der Waals surface area contributed by atoms with Crippen LogP contribution in [0, 0.1) is 6.92 Å². The first kappa shape index (κ1) is 15.2. The molecule has 0 spiro atoms. The topological polar surface area (TPSA) is 76.5 Å². The van der Waals surface area contributed by atoms with Crippen molar-refractivity contribution in [2.45, 2.75) is 19.4 Å². The van der Waals surface area contributed by atoms with Crippen LogP contribution in [-0.2, 0) is 9.53 Å². The summed E-state index contributed by atoms with van der Waals surface area (Å²) in [5.74, 6) is -0.335. The summed E-state index contributed by atoms with van der Waals surface area (Å²) in [5, 5.41) is 6.93. The Kier molecular flexibility index (Phi) is 3.65. The molecule has 0 bridgehead atoms. The van der Waals surface area contributed by atoms with E-state index >= 15 is 0 Å². The van der Waals surface area contributed by atoms with Crippen LogP contribution in [0.2, 0.25) is 0 Å². The van der Waals surface area contributed by atoms with Gasteiger partial charge in [0.1, 0.15) is 5.54 Å². The summed E-state index contributed by atoms with van der Waals surface area (Å²) in [6, 6.07) is 8.57. The lowest BCUT2D eigenvalue weighted by Gasteiger charge is -2.20. The summed E-state index contributed by atoms with van der Waals surface area (Å²) in [6.45, 7) is 3.70. The lowest BCUT2D eigenvalue weighted by atomic mass is 10.0. The maximum absolute atomic E-state index is 12.6. The number of nitrogens with zero attached hydrogens (tertiary/aromatic N) is 3. The molecule has 1 aromatic heterocycles. The van der Waals surface area contributed by atoms with Gasteiger partial charge in [0, 0.05) is 19.0 Å². The standard InChI is InChI=1S/C16H18N4O3/c1-11-7-8-17-20(11)13-6-4-5-12(9-13)19-14(21)16(2,10-23-3)18-15(19)22/h4-9H,10H2,1-3H3,(H,18,22). The monoisotopic (exact) mass is 314 g/mol. The Bertz CT molecular complexity index is 770. The maximum Gasteiger partial charge on any atom is 0.329 e. The molecule has 0 radical (unpaired) electrons. The van der Waals surface area contributed by atoms with E-state index in [0.717, 1.165) is 16.3 Å². The predicted octanol–water partition coefficient (Wildman–Crippen LogP) is 1.64. The fourth-order valence-corrected chi connectivity index (χ4v) is 2.71. The second-order valence-corrected chi connectivity index (χ2v) is 5.74. The van der Waals surface area contributed by atoms with Crippen LogP contribution in [0.3, 0.4) is 0 Å². The molecule has 120 valence electrons. The van der Waals surface area contributed by atoms with Gasteiger partial charge < -0.3 is 10.1 Å². The fraction of sp³-hybridized carbons (Fsp3) is 0.312. The zero-order valence-electron chi connectivity index (χ0n) is 13.2. The summed E-state index contributed by atoms with van der Waals surface area (Å²) in [7, 11) is 1.49. The third kappa shape index (κ3) is 2.49. The van der Waals surface area contributed by atoms with Crippen molar-refractivity contribution < 1.29 is 14.3 Å². The molecule has 0 aliphatic carbocycles. The number of ether oxygens (including phenoxy) is 1. The van der Waals surface area contributed by atoms with Crippen molar-refractivity contribution in [2.24, 2.45) is 0 Å². The Labute approximate surface area is 133 Å². The number of hydrogen-bond acceptors (Lipinski definition) is 4. The van der Waals surface area contributed by atoms with Gasteiger partial charge >= 0.3 is 6.03 Å². The number of nitrogens with one attached hydrogen (secondary N) is 1. The van der Waals surface area contributed by atoms with Gasteiger partial charge in [-0.3, -0.25) is 4.79 Å². The molecule has 2 heterocycles. The zero-order valence-corrected chi connectivity index (χ0v) is 13.2. The molecule has 1 N–H and O–H groups in total. The Morgan fingerprint density at radius 2 is 2.00 bits per heavy atom. The van der Waals surface area contributed by atoms with Crippen molar-refractivity contribution in [2.75, 3.05) is 18.6 Å². The van der Waals surface area contributed by atoms with Gasteiger partial charge in [-0.25, -0.2) is 14.4 Å². The maximum atomic E-state index is 12.6. The first-order valence-electron chi connectivity index (χ1n) is 7.23. The normalized spacial score (nSPS) is 20.9. The quantitative estimate of drug-likeness (QED) is 0.871. The minimum absolute atomic E-state index is 0.117. The van der Waals surface area contributed by atoms with Crippen LogP contribution < -0.4 is 10.2 Å². The Morgan fingerprint density at radius 3 is 2.65 bits per heavy atom. The number of methoxy groups -OCH3 is 1. The second kappa shape index (κ2) is 5.51. The minimum atomic E-state index is -1.05. The van der Waals surface area contributed by atoms with E-state index in [1.807, 2.05) is 19.1 Å². The van der Waals surface area contributed by atoms with Gasteiger partial charge in [-0.1, -0.05) is 6.07 Å². The molecule has 1 unspecified atom stereocenters. The molecular formula is C16H18N4O3. The van der Waals surface area contributed by atoms with Crippen LogP contribution in [0.1, 0.15) is 12.6 Å². The number of carbonyl (C=O) groups is 2. The number of amides is 3. The molecule has 23 heavy (non-hydrogen) atoms. The number of anilines is 1. The van der Waals surface area contributed by atoms with Crippen LogP contribution in [0.4, 0.5) is 10.5 Å². The average Bonchev–Trinajstić information content (AvgIpc) is 3.02. The number of rotatable bonds is 4. The highest BCUT2D eigenvalue weighted by Gasteiger charge is 2.48. The number of aryl methyl sites for hydroxylation is 1. The van der Waals surface area contributed by atoms with Gasteiger partial charge in [0.2, 0.25) is 0 Å². The van der Waals surface area contributed by atoms with Crippen molar-refractivity contribution in [1.29, 1.82) is 0 Å². The zero-order chi connectivity index (χ0) is 16.6. The summed E-state index contributed by atoms with van der Waals surface area (Å²) >= 11 is 0. The van der Waals surface area contributed by atoms with E-state index in [2.05, 4.69) is 10.4 Å². The lowest BCUT2D eigenvalue weighted by molar-refractivity contribution is -0.123. The minimum Gasteiger partial charge on any atom is -0.382 e. The lowest BCUT2D eigenvalue weighted by Crippen LogP contribution is -2.47. The van der Waals surface area contributed by atoms with Crippen molar-refractivity contribution in [3.63, 3.8) is 0 Å². The molecule has 2 aromatic rings. The highest BCUT2D eigenvalue weighted by molar-refractivity contribution is 6.23. The van der Waals surface area contributed by atoms with Crippen molar-refractivity contribution >= 4 is 17.6 Å². The number of aromatic nitrogens is 2. The third-order valence-corrected chi connectivity index (χ3v) is 3.86. The highest BCUT2D eigenvalue weighted by Crippen LogP contribution is 2.26. The molecule has 1 fully saturated rings. The van der Waals surface area contributed by atoms with Crippen LogP contribution in [0.25, 0.3) is 5.69 Å². The molecular weight excluding hydrogens is 296 g/mol.